The Morgan fingerprint density at radius 2 is 2.27 bits per heavy atom. The first-order valence-corrected chi connectivity index (χ1v) is 5.05. The Bertz CT molecular complexity index is 426. The zero-order chi connectivity index (χ0) is 10.5. The molecule has 5 nitrogen and oxygen atoms in total. The third-order valence-corrected chi connectivity index (χ3v) is 2.15. The number of nitrogens with one attached hydrogen (secondary N) is 1. The van der Waals surface area contributed by atoms with E-state index in [-0.39, 0.29) is 6.61 Å². The number of aliphatic hydroxyl groups excluding tert-OH is 1. The second-order valence-corrected chi connectivity index (χ2v) is 3.31. The fourth-order valence-corrected chi connectivity index (χ4v) is 1.36. The van der Waals surface area contributed by atoms with Crippen molar-refractivity contribution in [3.05, 3.63) is 24.5 Å². The maximum Gasteiger partial charge on any atom is 0.153 e. The number of aromatic nitrogens is 3. The third kappa shape index (κ3) is 2.44. The number of nitrogens with zero attached hydrogens (tertiary/aromatic N) is 3. The normalized spacial score (nSPS) is 10.7. The van der Waals surface area contributed by atoms with Gasteiger partial charge < -0.3 is 10.4 Å². The van der Waals surface area contributed by atoms with Crippen LogP contribution in [0.15, 0.2) is 24.5 Å². The predicted molar refractivity (Wildman–Crippen MR) is 57.8 cm³/mol. The summed E-state index contributed by atoms with van der Waals surface area (Å²) in [5, 5.41) is 16.1. The molecule has 0 radical (unpaired) electrons. The Kier molecular flexibility index (Phi) is 3.14. The van der Waals surface area contributed by atoms with Crippen LogP contribution >= 0.6 is 0 Å². The van der Waals surface area contributed by atoms with Crippen molar-refractivity contribution in [2.45, 2.75) is 12.8 Å². The van der Waals surface area contributed by atoms with E-state index in [1.165, 1.54) is 0 Å². The van der Waals surface area contributed by atoms with Crippen LogP contribution in [0.3, 0.4) is 0 Å². The van der Waals surface area contributed by atoms with E-state index in [9.17, 15) is 0 Å². The van der Waals surface area contributed by atoms with Gasteiger partial charge in [-0.15, -0.1) is 5.10 Å². The smallest absolute Gasteiger partial charge is 0.153 e. The van der Waals surface area contributed by atoms with Gasteiger partial charge in [0, 0.05) is 25.5 Å². The van der Waals surface area contributed by atoms with Crippen molar-refractivity contribution in [3.63, 3.8) is 0 Å². The Morgan fingerprint density at radius 3 is 3.13 bits per heavy atom. The second-order valence-electron chi connectivity index (χ2n) is 3.31. The van der Waals surface area contributed by atoms with Gasteiger partial charge in [0.15, 0.2) is 5.65 Å². The first kappa shape index (κ1) is 9.92. The lowest BCUT2D eigenvalue weighted by Crippen LogP contribution is -2.05. The van der Waals surface area contributed by atoms with Crippen molar-refractivity contribution >= 4 is 11.5 Å². The molecule has 0 atom stereocenters. The maximum absolute atomic E-state index is 8.62. The molecular formula is C10H14N4O. The SMILES string of the molecule is OCCCCNc1ccc2nccn2n1. The van der Waals surface area contributed by atoms with Crippen molar-refractivity contribution in [2.75, 3.05) is 18.5 Å². The van der Waals surface area contributed by atoms with Crippen molar-refractivity contribution < 1.29 is 5.11 Å². The highest BCUT2D eigenvalue weighted by molar-refractivity contribution is 5.43. The minimum atomic E-state index is 0.246. The van der Waals surface area contributed by atoms with E-state index < -0.39 is 0 Å². The second kappa shape index (κ2) is 4.75. The number of imidazole rings is 1. The van der Waals surface area contributed by atoms with Crippen molar-refractivity contribution in [2.24, 2.45) is 0 Å². The highest BCUT2D eigenvalue weighted by atomic mass is 16.2. The molecule has 0 bridgehead atoms. The average Bonchev–Trinajstić information content (AvgIpc) is 2.71. The van der Waals surface area contributed by atoms with Gasteiger partial charge in [0.1, 0.15) is 5.82 Å². The van der Waals surface area contributed by atoms with Gasteiger partial charge in [0.25, 0.3) is 0 Å². The van der Waals surface area contributed by atoms with Crippen LogP contribution in [0.4, 0.5) is 5.82 Å². The van der Waals surface area contributed by atoms with Gasteiger partial charge in [0.2, 0.25) is 0 Å². The molecule has 0 aliphatic carbocycles. The molecule has 0 spiro atoms. The van der Waals surface area contributed by atoms with Crippen LogP contribution in [-0.4, -0.2) is 32.9 Å². The van der Waals surface area contributed by atoms with E-state index in [0.717, 1.165) is 30.9 Å². The number of fused-ring (bicyclic) bond motifs is 1. The first-order valence-electron chi connectivity index (χ1n) is 5.05. The number of unbranched alkanes of at least 4 members (excludes halogenated alkanes) is 1. The van der Waals surface area contributed by atoms with Crippen LogP contribution in [-0.2, 0) is 0 Å². The zero-order valence-corrected chi connectivity index (χ0v) is 8.43. The van der Waals surface area contributed by atoms with Crippen LogP contribution in [0.5, 0.6) is 0 Å². The van der Waals surface area contributed by atoms with E-state index in [2.05, 4.69) is 15.4 Å². The molecule has 2 aromatic rings. The fraction of sp³-hybridized carbons (Fsp3) is 0.400. The zero-order valence-electron chi connectivity index (χ0n) is 8.43. The van der Waals surface area contributed by atoms with Gasteiger partial charge in [0.05, 0.1) is 0 Å². The van der Waals surface area contributed by atoms with Crippen LogP contribution < -0.4 is 5.32 Å². The lowest BCUT2D eigenvalue weighted by atomic mass is 10.3. The van der Waals surface area contributed by atoms with E-state index in [1.54, 1.807) is 10.7 Å². The summed E-state index contributed by atoms with van der Waals surface area (Å²) < 4.78 is 1.73. The molecule has 0 saturated heterocycles. The van der Waals surface area contributed by atoms with E-state index in [4.69, 9.17) is 5.11 Å². The van der Waals surface area contributed by atoms with E-state index in [0.29, 0.717) is 0 Å². The summed E-state index contributed by atoms with van der Waals surface area (Å²) in [4.78, 5) is 4.11. The molecule has 0 fully saturated rings. The Morgan fingerprint density at radius 1 is 1.33 bits per heavy atom. The lowest BCUT2D eigenvalue weighted by molar-refractivity contribution is 0.286. The molecular weight excluding hydrogens is 192 g/mol. The fourth-order valence-electron chi connectivity index (χ4n) is 1.36. The third-order valence-electron chi connectivity index (χ3n) is 2.15. The first-order chi connectivity index (χ1) is 7.40. The van der Waals surface area contributed by atoms with Crippen molar-refractivity contribution in [1.29, 1.82) is 0 Å². The Labute approximate surface area is 87.8 Å². The molecule has 0 aromatic carbocycles. The summed E-state index contributed by atoms with van der Waals surface area (Å²) in [6, 6.07) is 3.82. The molecule has 0 unspecified atom stereocenters. The molecule has 2 aromatic heterocycles. The van der Waals surface area contributed by atoms with E-state index >= 15 is 0 Å². The molecule has 5 heteroatoms. The van der Waals surface area contributed by atoms with Gasteiger partial charge in [-0.25, -0.2) is 9.50 Å². The molecule has 0 aliphatic rings. The standard InChI is InChI=1S/C10H14N4O/c15-8-2-1-5-11-9-3-4-10-12-6-7-14(10)13-9/h3-4,6-7,15H,1-2,5,8H2,(H,11,13). The number of hydrogen-bond acceptors (Lipinski definition) is 4. The Balaban J connectivity index is 1.96. The highest BCUT2D eigenvalue weighted by Crippen LogP contribution is 2.05. The Hall–Kier alpha value is -1.62. The molecule has 2 N–H and O–H groups in total. The predicted octanol–water partition coefficient (Wildman–Crippen LogP) is 0.914. The van der Waals surface area contributed by atoms with Gasteiger partial charge in [-0.2, -0.15) is 0 Å². The van der Waals surface area contributed by atoms with Gasteiger partial charge in [-0.3, -0.25) is 0 Å². The lowest BCUT2D eigenvalue weighted by Gasteiger charge is -2.04. The number of aliphatic hydroxyl groups is 1. The topological polar surface area (TPSA) is 62.5 Å². The monoisotopic (exact) mass is 206 g/mol. The van der Waals surface area contributed by atoms with E-state index in [1.807, 2.05) is 18.3 Å². The molecule has 0 aliphatic heterocycles. The number of hydrogen-bond donors (Lipinski definition) is 2. The van der Waals surface area contributed by atoms with Crippen LogP contribution in [0.1, 0.15) is 12.8 Å². The van der Waals surface area contributed by atoms with Gasteiger partial charge in [-0.1, -0.05) is 0 Å². The summed E-state index contributed by atoms with van der Waals surface area (Å²) >= 11 is 0. The molecule has 0 saturated carbocycles. The molecule has 80 valence electrons. The van der Waals surface area contributed by atoms with Crippen molar-refractivity contribution in [1.82, 2.24) is 14.6 Å². The van der Waals surface area contributed by atoms with Crippen LogP contribution in [0, 0.1) is 0 Å². The van der Waals surface area contributed by atoms with Gasteiger partial charge in [-0.05, 0) is 25.0 Å². The minimum absolute atomic E-state index is 0.246. The molecule has 2 heterocycles. The van der Waals surface area contributed by atoms with Crippen molar-refractivity contribution in [3.8, 4) is 0 Å². The maximum atomic E-state index is 8.62. The largest absolute Gasteiger partial charge is 0.396 e. The molecule has 15 heavy (non-hydrogen) atoms. The molecule has 0 amide bonds. The number of anilines is 1. The summed E-state index contributed by atoms with van der Waals surface area (Å²) in [6.07, 6.45) is 5.30. The van der Waals surface area contributed by atoms with Gasteiger partial charge >= 0.3 is 0 Å². The molecule has 2 rings (SSSR count). The summed E-state index contributed by atoms with van der Waals surface area (Å²) in [5.41, 5.74) is 0.843. The summed E-state index contributed by atoms with van der Waals surface area (Å²) in [5.74, 6) is 0.832. The quantitative estimate of drug-likeness (QED) is 0.714. The van der Waals surface area contributed by atoms with Crippen LogP contribution in [0.2, 0.25) is 0 Å². The highest BCUT2D eigenvalue weighted by Gasteiger charge is 1.97. The van der Waals surface area contributed by atoms with Crippen LogP contribution in [0.25, 0.3) is 5.65 Å². The number of rotatable bonds is 5. The average molecular weight is 206 g/mol. The summed E-state index contributed by atoms with van der Waals surface area (Å²) in [6.45, 7) is 1.07. The minimum Gasteiger partial charge on any atom is -0.396 e. The summed E-state index contributed by atoms with van der Waals surface area (Å²) in [7, 11) is 0.